The van der Waals surface area contributed by atoms with E-state index in [1.54, 1.807) is 11.8 Å². The Balaban J connectivity index is 1.98. The summed E-state index contributed by atoms with van der Waals surface area (Å²) in [6.07, 6.45) is 8.94. The van der Waals surface area contributed by atoms with E-state index >= 15 is 0 Å². The quantitative estimate of drug-likeness (QED) is 0.247. The van der Waals surface area contributed by atoms with Gasteiger partial charge in [0.25, 0.3) is 0 Å². The fourth-order valence-electron chi connectivity index (χ4n) is 5.84. The molecule has 1 aromatic rings. The maximum absolute atomic E-state index is 14.1. The van der Waals surface area contributed by atoms with E-state index in [0.29, 0.717) is 13.0 Å². The van der Waals surface area contributed by atoms with Crippen LogP contribution in [0.2, 0.25) is 0 Å². The van der Waals surface area contributed by atoms with Crippen molar-refractivity contribution < 1.29 is 24.2 Å². The Morgan fingerprint density at radius 1 is 1.08 bits per heavy atom. The van der Waals surface area contributed by atoms with E-state index < -0.39 is 29.8 Å². The van der Waals surface area contributed by atoms with Crippen molar-refractivity contribution in [3.8, 4) is 0 Å². The van der Waals surface area contributed by atoms with Crippen molar-refractivity contribution in [1.29, 1.82) is 0 Å². The second-order valence-corrected chi connectivity index (χ2v) is 9.93. The molecule has 7 heteroatoms. The van der Waals surface area contributed by atoms with E-state index in [2.05, 4.69) is 19.2 Å². The van der Waals surface area contributed by atoms with Crippen molar-refractivity contribution in [2.24, 2.45) is 23.7 Å². The van der Waals surface area contributed by atoms with Crippen LogP contribution in [0.5, 0.6) is 0 Å². The van der Waals surface area contributed by atoms with Crippen LogP contribution in [0, 0.1) is 23.7 Å². The number of carbonyl (C=O) groups is 3. The van der Waals surface area contributed by atoms with Gasteiger partial charge in [0.2, 0.25) is 11.8 Å². The number of esters is 1. The third-order valence-corrected chi connectivity index (χ3v) is 7.49. The highest BCUT2D eigenvalue weighted by atomic mass is 16.5. The molecular formula is C29H42N2O5. The van der Waals surface area contributed by atoms with E-state index in [1.165, 1.54) is 0 Å². The van der Waals surface area contributed by atoms with Gasteiger partial charge in [0, 0.05) is 12.5 Å². The molecule has 0 unspecified atom stereocenters. The lowest BCUT2D eigenvalue weighted by atomic mass is 9.69. The Morgan fingerprint density at radius 3 is 2.47 bits per heavy atom. The molecule has 198 valence electrons. The van der Waals surface area contributed by atoms with Crippen molar-refractivity contribution >= 4 is 17.8 Å². The maximum Gasteiger partial charge on any atom is 0.310 e. The molecule has 7 nitrogen and oxygen atoms in total. The number of aliphatic hydroxyl groups excluding tert-OH is 1. The Hall–Kier alpha value is -2.67. The van der Waals surface area contributed by atoms with Crippen LogP contribution in [0.25, 0.3) is 0 Å². The van der Waals surface area contributed by atoms with Crippen LogP contribution in [0.15, 0.2) is 42.5 Å². The first kappa shape index (κ1) is 27.9. The number of aliphatic hydroxyl groups is 1. The van der Waals surface area contributed by atoms with Crippen LogP contribution in [-0.2, 0) is 25.5 Å². The van der Waals surface area contributed by atoms with Crippen molar-refractivity contribution in [3.05, 3.63) is 48.0 Å². The van der Waals surface area contributed by atoms with Crippen LogP contribution in [0.3, 0.4) is 0 Å². The van der Waals surface area contributed by atoms with Gasteiger partial charge in [0.15, 0.2) is 0 Å². The molecule has 0 radical (unpaired) electrons. The Kier molecular flexibility index (Phi) is 10.5. The van der Waals surface area contributed by atoms with Crippen LogP contribution in [0.1, 0.15) is 58.4 Å². The molecule has 1 aliphatic heterocycles. The number of hydrogen-bond acceptors (Lipinski definition) is 5. The second kappa shape index (κ2) is 13.6. The minimum absolute atomic E-state index is 0.117. The number of hydrogen-bond donors (Lipinski definition) is 2. The summed E-state index contributed by atoms with van der Waals surface area (Å²) >= 11 is 0. The third-order valence-electron chi connectivity index (χ3n) is 7.49. The largest absolute Gasteiger partial charge is 0.466 e. The second-order valence-electron chi connectivity index (χ2n) is 9.93. The van der Waals surface area contributed by atoms with Crippen LogP contribution >= 0.6 is 0 Å². The standard InChI is InChI=1S/C29H42N2O5/c1-4-7-11-17-30-27(33)26-23-16-15-21(12-5-2)24(29(35)36-6-3)25(23)28(34)31(26)22(19-32)18-20-13-9-8-10-14-20/h8-10,13-16,21-26,32H,4-7,11-12,17-19H2,1-3H3,(H,30,33)/t21-,22-,23+,24-,25+,26+/m1/s1. The third kappa shape index (κ3) is 6.17. The molecule has 6 atom stereocenters. The number of rotatable bonds is 13. The number of unbranched alkanes of at least 4 members (excludes halogenated alkanes) is 2. The molecule has 1 saturated heterocycles. The van der Waals surface area contributed by atoms with Crippen molar-refractivity contribution in [1.82, 2.24) is 10.2 Å². The van der Waals surface area contributed by atoms with Gasteiger partial charge in [0.1, 0.15) is 6.04 Å². The van der Waals surface area contributed by atoms with E-state index in [9.17, 15) is 19.5 Å². The molecule has 0 saturated carbocycles. The summed E-state index contributed by atoms with van der Waals surface area (Å²) in [7, 11) is 0. The van der Waals surface area contributed by atoms with Crippen molar-refractivity contribution in [3.63, 3.8) is 0 Å². The first-order valence-corrected chi connectivity index (χ1v) is 13.6. The number of amides is 2. The maximum atomic E-state index is 14.1. The molecule has 3 rings (SSSR count). The zero-order valence-electron chi connectivity index (χ0n) is 21.9. The predicted molar refractivity (Wildman–Crippen MR) is 139 cm³/mol. The smallest absolute Gasteiger partial charge is 0.310 e. The summed E-state index contributed by atoms with van der Waals surface area (Å²) in [4.78, 5) is 42.4. The summed E-state index contributed by atoms with van der Waals surface area (Å²) in [5, 5.41) is 13.4. The number of nitrogens with zero attached hydrogens (tertiary/aromatic N) is 1. The number of nitrogens with one attached hydrogen (secondary N) is 1. The monoisotopic (exact) mass is 498 g/mol. The molecule has 0 spiro atoms. The highest BCUT2D eigenvalue weighted by Gasteiger charge is 2.58. The molecule has 1 aromatic carbocycles. The summed E-state index contributed by atoms with van der Waals surface area (Å²) in [5.74, 6) is -2.72. The van der Waals surface area contributed by atoms with E-state index in [-0.39, 0.29) is 36.9 Å². The predicted octanol–water partition coefficient (Wildman–Crippen LogP) is 3.51. The van der Waals surface area contributed by atoms with Gasteiger partial charge in [-0.2, -0.15) is 0 Å². The van der Waals surface area contributed by atoms with E-state index in [1.807, 2.05) is 42.5 Å². The van der Waals surface area contributed by atoms with E-state index in [0.717, 1.165) is 37.7 Å². The molecule has 1 heterocycles. The molecule has 2 N–H and O–H groups in total. The van der Waals surface area contributed by atoms with Gasteiger partial charge < -0.3 is 20.1 Å². The molecule has 0 aromatic heterocycles. The molecule has 0 bridgehead atoms. The number of carbonyl (C=O) groups excluding carboxylic acids is 3. The number of ether oxygens (including phenoxy) is 1. The molecule has 36 heavy (non-hydrogen) atoms. The van der Waals surface area contributed by atoms with Gasteiger partial charge >= 0.3 is 5.97 Å². The summed E-state index contributed by atoms with van der Waals surface area (Å²) in [6.45, 7) is 6.43. The zero-order valence-corrected chi connectivity index (χ0v) is 21.9. The first-order valence-electron chi connectivity index (χ1n) is 13.6. The Labute approximate surface area is 215 Å². The molecule has 1 fully saturated rings. The summed E-state index contributed by atoms with van der Waals surface area (Å²) in [6, 6.07) is 8.31. The van der Waals surface area contributed by atoms with E-state index in [4.69, 9.17) is 4.74 Å². The van der Waals surface area contributed by atoms with Crippen LogP contribution in [0.4, 0.5) is 0 Å². The summed E-state index contributed by atoms with van der Waals surface area (Å²) < 4.78 is 5.43. The Bertz CT molecular complexity index is 902. The average Bonchev–Trinajstić information content (AvgIpc) is 3.18. The minimum Gasteiger partial charge on any atom is -0.466 e. The SMILES string of the molecule is CCCCCNC(=O)[C@@H]1[C@H]2C=C[C@@H](CCC)[C@@H](C(=O)OCC)[C@H]2C(=O)N1[C@@H](CO)Cc1ccccc1. The lowest BCUT2D eigenvalue weighted by Crippen LogP contribution is -2.53. The molecular weight excluding hydrogens is 456 g/mol. The molecule has 1 aliphatic carbocycles. The normalized spacial score (nSPS) is 25.9. The van der Waals surface area contributed by atoms with Gasteiger partial charge in [-0.05, 0) is 37.7 Å². The van der Waals surface area contributed by atoms with Crippen molar-refractivity contribution in [2.45, 2.75) is 71.4 Å². The zero-order chi connectivity index (χ0) is 26.1. The van der Waals surface area contributed by atoms with Gasteiger partial charge in [-0.3, -0.25) is 14.4 Å². The molecule has 2 amide bonds. The highest BCUT2D eigenvalue weighted by molar-refractivity contribution is 5.96. The lowest BCUT2D eigenvalue weighted by Gasteiger charge is -2.34. The van der Waals surface area contributed by atoms with Crippen LogP contribution in [-0.4, -0.2) is 59.6 Å². The lowest BCUT2D eigenvalue weighted by molar-refractivity contribution is -0.156. The van der Waals surface area contributed by atoms with Gasteiger partial charge in [-0.15, -0.1) is 0 Å². The van der Waals surface area contributed by atoms with Crippen LogP contribution < -0.4 is 5.32 Å². The van der Waals surface area contributed by atoms with Gasteiger partial charge in [-0.25, -0.2) is 0 Å². The van der Waals surface area contributed by atoms with Gasteiger partial charge in [-0.1, -0.05) is 75.6 Å². The fourth-order valence-corrected chi connectivity index (χ4v) is 5.84. The average molecular weight is 499 g/mol. The topological polar surface area (TPSA) is 95.9 Å². The minimum atomic E-state index is -0.777. The fraction of sp³-hybridized carbons (Fsp3) is 0.621. The number of allylic oxidation sites excluding steroid dienone is 1. The molecule has 2 aliphatic rings. The van der Waals surface area contributed by atoms with Crippen molar-refractivity contribution in [2.75, 3.05) is 19.8 Å². The Morgan fingerprint density at radius 2 is 1.83 bits per heavy atom. The summed E-state index contributed by atoms with van der Waals surface area (Å²) in [5.41, 5.74) is 0.975. The first-order chi connectivity index (χ1) is 17.5. The number of benzene rings is 1. The van der Waals surface area contributed by atoms with Gasteiger partial charge in [0.05, 0.1) is 31.1 Å². The highest BCUT2D eigenvalue weighted by Crippen LogP contribution is 2.46. The number of fused-ring (bicyclic) bond motifs is 1. The number of likely N-dealkylation sites (tertiary alicyclic amines) is 1.